The lowest BCUT2D eigenvalue weighted by Gasteiger charge is -2.19. The van der Waals surface area contributed by atoms with Gasteiger partial charge in [0.05, 0.1) is 24.2 Å². The molecule has 2 aromatic rings. The average molecular weight is 591 g/mol. The summed E-state index contributed by atoms with van der Waals surface area (Å²) in [6.45, 7) is 0.281. The van der Waals surface area contributed by atoms with Crippen LogP contribution < -0.4 is 10.1 Å². The molecule has 6 N–H and O–H groups in total. The monoisotopic (exact) mass is 590 g/mol. The summed E-state index contributed by atoms with van der Waals surface area (Å²) in [5.74, 6) is -0.0315. The molecule has 1 saturated carbocycles. The molecule has 1 fully saturated rings. The number of rotatable bonds is 16. The number of benzene rings is 2. The lowest BCUT2D eigenvalue weighted by molar-refractivity contribution is -0.497. The normalized spacial score (nSPS) is 21.6. The van der Waals surface area contributed by atoms with Crippen LogP contribution in [0, 0.1) is 11.8 Å². The molecule has 0 saturated heterocycles. The minimum atomic E-state index is -0.880. The fraction of sp³-hybridized carbons (Fsp3) is 0.433. The predicted molar refractivity (Wildman–Crippen MR) is 152 cm³/mol. The average Bonchev–Trinajstić information content (AvgIpc) is 3.22. The number of aliphatic hydroxyl groups is 3. The Kier molecular flexibility index (Phi) is 13.7. The Balaban J connectivity index is 1.37. The topological polar surface area (TPSA) is 152 Å². The van der Waals surface area contributed by atoms with Crippen LogP contribution in [0.4, 0.5) is 0 Å². The van der Waals surface area contributed by atoms with E-state index in [2.05, 4.69) is 10.2 Å². The highest BCUT2D eigenvalue weighted by Gasteiger charge is 2.39. The number of nitrogens with zero attached hydrogens (tertiary/aromatic N) is 1. The number of hydrogen-bond donors (Lipinski definition) is 6. The molecule has 0 aromatic heterocycles. The van der Waals surface area contributed by atoms with Crippen LogP contribution in [0.15, 0.2) is 72.8 Å². The molecule has 0 unspecified atom stereocenters. The molecule has 1 amide bonds. The number of amides is 1. The third kappa shape index (κ3) is 11.5. The van der Waals surface area contributed by atoms with Gasteiger partial charge in [-0.1, -0.05) is 66.2 Å². The predicted octanol–water partition coefficient (Wildman–Crippen LogP) is 3.94. The van der Waals surface area contributed by atoms with Crippen molar-refractivity contribution < 1.29 is 40.1 Å². The molecule has 3 rings (SSSR count). The molecule has 2 aromatic carbocycles. The SMILES string of the molecule is O=C(CCC/C=C\C[C@@H]1[C@@H](/C=C/[C@@H](O)COc2cccc(Cl)c2)[C@H](O)C[C@@H]1O)NCc1ccccc1CON(O)O. The molecule has 5 atom stereocenters. The number of ether oxygens (including phenoxy) is 1. The first-order valence-corrected chi connectivity index (χ1v) is 14.0. The van der Waals surface area contributed by atoms with Crippen molar-refractivity contribution in [1.29, 1.82) is 0 Å². The molecule has 41 heavy (non-hydrogen) atoms. The highest BCUT2D eigenvalue weighted by Crippen LogP contribution is 2.36. The van der Waals surface area contributed by atoms with Crippen LogP contribution in [-0.4, -0.2) is 61.9 Å². The Morgan fingerprint density at radius 3 is 2.63 bits per heavy atom. The van der Waals surface area contributed by atoms with E-state index in [1.54, 1.807) is 48.6 Å². The minimum absolute atomic E-state index is 0.0352. The number of unbranched alkanes of at least 4 members (excludes halogenated alkanes) is 1. The van der Waals surface area contributed by atoms with E-state index in [-0.39, 0.29) is 42.8 Å². The summed E-state index contributed by atoms with van der Waals surface area (Å²) in [5, 5.41) is 51.7. The van der Waals surface area contributed by atoms with Crippen LogP contribution in [0.3, 0.4) is 0 Å². The first-order chi connectivity index (χ1) is 19.7. The van der Waals surface area contributed by atoms with E-state index in [9.17, 15) is 20.1 Å². The van der Waals surface area contributed by atoms with E-state index >= 15 is 0 Å². The molecule has 224 valence electrons. The van der Waals surface area contributed by atoms with Crippen molar-refractivity contribution in [2.45, 2.75) is 63.6 Å². The largest absolute Gasteiger partial charge is 0.491 e. The molecule has 11 heteroatoms. The van der Waals surface area contributed by atoms with Gasteiger partial charge in [-0.25, -0.2) is 4.84 Å². The zero-order chi connectivity index (χ0) is 29.6. The summed E-state index contributed by atoms with van der Waals surface area (Å²) in [7, 11) is 0. The van der Waals surface area contributed by atoms with E-state index in [1.807, 2.05) is 24.3 Å². The van der Waals surface area contributed by atoms with Crippen molar-refractivity contribution in [1.82, 2.24) is 10.7 Å². The van der Waals surface area contributed by atoms with E-state index in [0.29, 0.717) is 43.0 Å². The number of carbonyl (C=O) groups is 1. The van der Waals surface area contributed by atoms with Crippen molar-refractivity contribution in [3.05, 3.63) is 89.0 Å². The molecule has 1 aliphatic rings. The van der Waals surface area contributed by atoms with Gasteiger partial charge >= 0.3 is 0 Å². The summed E-state index contributed by atoms with van der Waals surface area (Å²) >= 11 is 5.94. The van der Waals surface area contributed by atoms with E-state index in [0.717, 1.165) is 11.1 Å². The third-order valence-electron chi connectivity index (χ3n) is 6.97. The fourth-order valence-electron chi connectivity index (χ4n) is 4.79. The standard InChI is InChI=1S/C30H39ClN2O8/c31-23-10-7-11-25(16-23)40-20-24(34)14-15-27-26(28(35)17-29(27)36)12-3-1-2-4-13-30(37)32-18-21-8-5-6-9-22(21)19-41-33(38)39/h1,3,5-11,14-16,24,26-29,34-36,38-39H,2,4,12-13,17-20H2,(H,32,37)/b3-1-,15-14+/t24-,26-,27-,28+,29-/m1/s1. The van der Waals surface area contributed by atoms with Crippen molar-refractivity contribution in [3.8, 4) is 5.75 Å². The van der Waals surface area contributed by atoms with Gasteiger partial charge in [0.2, 0.25) is 5.91 Å². The minimum Gasteiger partial charge on any atom is -0.491 e. The van der Waals surface area contributed by atoms with Gasteiger partial charge < -0.3 is 25.4 Å². The first kappa shape index (κ1) is 32.7. The van der Waals surface area contributed by atoms with Gasteiger partial charge in [-0.15, -0.1) is 0 Å². The molecule has 1 aliphatic carbocycles. The van der Waals surface area contributed by atoms with Crippen LogP contribution in [0.2, 0.25) is 5.02 Å². The number of carbonyl (C=O) groups excluding carboxylic acids is 1. The summed E-state index contributed by atoms with van der Waals surface area (Å²) in [6, 6.07) is 14.1. The Labute approximate surface area is 245 Å². The van der Waals surface area contributed by atoms with Gasteiger partial charge in [0.25, 0.3) is 0 Å². The van der Waals surface area contributed by atoms with Gasteiger partial charge in [-0.2, -0.15) is 0 Å². The Bertz CT molecular complexity index is 1140. The summed E-state index contributed by atoms with van der Waals surface area (Å²) in [6.07, 6.45) is 7.56. The first-order valence-electron chi connectivity index (χ1n) is 13.6. The molecular formula is C30H39ClN2O8. The highest BCUT2D eigenvalue weighted by atomic mass is 35.5. The van der Waals surface area contributed by atoms with Crippen molar-refractivity contribution in [2.24, 2.45) is 11.8 Å². The second-order valence-corrected chi connectivity index (χ2v) is 10.4. The second kappa shape index (κ2) is 17.2. The van der Waals surface area contributed by atoms with E-state index < -0.39 is 18.3 Å². The number of allylic oxidation sites excluding steroid dienone is 2. The van der Waals surface area contributed by atoms with Crippen LogP contribution in [0.25, 0.3) is 0 Å². The molecule has 10 nitrogen and oxygen atoms in total. The maximum Gasteiger partial charge on any atom is 0.220 e. The smallest absolute Gasteiger partial charge is 0.220 e. The summed E-state index contributed by atoms with van der Waals surface area (Å²) in [4.78, 5) is 16.9. The van der Waals surface area contributed by atoms with Gasteiger partial charge in [0.1, 0.15) is 18.5 Å². The van der Waals surface area contributed by atoms with Gasteiger partial charge in [0.15, 0.2) is 0 Å². The van der Waals surface area contributed by atoms with Crippen LogP contribution in [-0.2, 0) is 22.8 Å². The molecule has 0 radical (unpaired) electrons. The van der Waals surface area contributed by atoms with E-state index in [4.69, 9.17) is 26.8 Å². The lowest BCUT2D eigenvalue weighted by atomic mass is 9.89. The third-order valence-corrected chi connectivity index (χ3v) is 7.20. The number of nitrogens with one attached hydrogen (secondary N) is 1. The Hall–Kier alpha value is -2.80. The van der Waals surface area contributed by atoms with E-state index in [1.165, 1.54) is 0 Å². The fourth-order valence-corrected chi connectivity index (χ4v) is 4.97. The molecular weight excluding hydrogens is 552 g/mol. The summed E-state index contributed by atoms with van der Waals surface area (Å²) in [5.41, 5.74) is 1.53. The zero-order valence-corrected chi connectivity index (χ0v) is 23.5. The van der Waals surface area contributed by atoms with Gasteiger partial charge in [-0.05, 0) is 54.5 Å². The molecule has 0 spiro atoms. The number of halogens is 1. The lowest BCUT2D eigenvalue weighted by Crippen LogP contribution is -2.23. The Morgan fingerprint density at radius 1 is 1.10 bits per heavy atom. The number of hydrogen-bond acceptors (Lipinski definition) is 9. The highest BCUT2D eigenvalue weighted by molar-refractivity contribution is 6.30. The van der Waals surface area contributed by atoms with Crippen molar-refractivity contribution >= 4 is 17.5 Å². The summed E-state index contributed by atoms with van der Waals surface area (Å²) < 4.78 is 5.56. The van der Waals surface area contributed by atoms with Crippen LogP contribution in [0.1, 0.15) is 43.2 Å². The molecule has 0 aliphatic heterocycles. The zero-order valence-electron chi connectivity index (χ0n) is 22.8. The quantitative estimate of drug-likeness (QED) is 0.0970. The maximum absolute atomic E-state index is 12.3. The second-order valence-electron chi connectivity index (χ2n) is 10.0. The van der Waals surface area contributed by atoms with Crippen molar-refractivity contribution in [3.63, 3.8) is 0 Å². The van der Waals surface area contributed by atoms with Crippen molar-refractivity contribution in [2.75, 3.05) is 6.61 Å². The number of aliphatic hydroxyl groups excluding tert-OH is 3. The van der Waals surface area contributed by atoms with Crippen LogP contribution in [0.5, 0.6) is 5.75 Å². The Morgan fingerprint density at radius 2 is 1.88 bits per heavy atom. The van der Waals surface area contributed by atoms with Gasteiger partial charge in [-0.3, -0.25) is 15.2 Å². The molecule has 0 bridgehead atoms. The van der Waals surface area contributed by atoms with Crippen LogP contribution >= 0.6 is 11.6 Å². The maximum atomic E-state index is 12.3. The van der Waals surface area contributed by atoms with Gasteiger partial charge in [0, 0.05) is 30.3 Å². The molecule has 0 heterocycles.